The second-order valence-corrected chi connectivity index (χ2v) is 7.34. The second kappa shape index (κ2) is 7.66. The van der Waals surface area contributed by atoms with Gasteiger partial charge in [0.15, 0.2) is 6.61 Å². The van der Waals surface area contributed by atoms with Crippen LogP contribution < -0.4 is 15.7 Å². The van der Waals surface area contributed by atoms with Gasteiger partial charge in [0.2, 0.25) is 0 Å². The van der Waals surface area contributed by atoms with Crippen molar-refractivity contribution in [3.05, 3.63) is 82.2 Å². The first-order chi connectivity index (χ1) is 13.6. The summed E-state index contributed by atoms with van der Waals surface area (Å²) in [6.07, 6.45) is 1.33. The number of hydrogen-bond donors (Lipinski definition) is 1. The molecule has 28 heavy (non-hydrogen) atoms. The largest absolute Gasteiger partial charge is 0.484 e. The third-order valence-corrected chi connectivity index (χ3v) is 5.22. The van der Waals surface area contributed by atoms with Crippen molar-refractivity contribution in [1.29, 1.82) is 0 Å². The number of benzene rings is 2. The Kier molecular flexibility index (Phi) is 4.90. The summed E-state index contributed by atoms with van der Waals surface area (Å²) in [6, 6.07) is 18.7. The number of hydrogen-bond acceptors (Lipinski definition) is 5. The van der Waals surface area contributed by atoms with E-state index in [1.807, 2.05) is 55.5 Å². The summed E-state index contributed by atoms with van der Waals surface area (Å²) in [5.41, 5.74) is 4.02. The number of carbonyl (C=O) groups is 1. The third kappa shape index (κ3) is 3.52. The lowest BCUT2D eigenvalue weighted by Crippen LogP contribution is -2.35. The second-order valence-electron chi connectivity index (χ2n) is 6.14. The number of aryl methyl sites for hydroxylation is 1. The number of carbonyl (C=O) groups excluding carboxylic acids is 1. The minimum absolute atomic E-state index is 0.206. The van der Waals surface area contributed by atoms with E-state index in [1.165, 1.54) is 17.7 Å². The molecule has 0 fully saturated rings. The molecule has 1 amide bonds. The molecule has 0 saturated heterocycles. The fourth-order valence-corrected chi connectivity index (χ4v) is 3.97. The van der Waals surface area contributed by atoms with Crippen LogP contribution in [0.2, 0.25) is 0 Å². The van der Waals surface area contributed by atoms with E-state index in [1.54, 1.807) is 12.1 Å². The van der Waals surface area contributed by atoms with Gasteiger partial charge in [0, 0.05) is 10.4 Å². The highest BCUT2D eigenvalue weighted by atomic mass is 32.1. The topological polar surface area (TPSA) is 73.2 Å². The lowest BCUT2D eigenvalue weighted by atomic mass is 10.0. The Morgan fingerprint density at radius 1 is 1.11 bits per heavy atom. The highest BCUT2D eigenvalue weighted by Crippen LogP contribution is 2.35. The SMILES string of the molecule is Cc1sc2ncn(NC(=O)COc3ccccc3)c(=O)c2c1-c1ccccc1. The molecule has 0 aliphatic heterocycles. The number of nitrogens with one attached hydrogen (secondary N) is 1. The normalized spacial score (nSPS) is 10.8. The Morgan fingerprint density at radius 2 is 1.79 bits per heavy atom. The van der Waals surface area contributed by atoms with E-state index in [-0.39, 0.29) is 12.2 Å². The first kappa shape index (κ1) is 17.9. The maximum atomic E-state index is 13.0. The molecule has 2 aromatic carbocycles. The minimum Gasteiger partial charge on any atom is -0.484 e. The molecule has 140 valence electrons. The number of thiophene rings is 1. The molecular formula is C21H17N3O3S. The summed E-state index contributed by atoms with van der Waals surface area (Å²) in [5, 5.41) is 0.500. The molecule has 0 aliphatic rings. The van der Waals surface area contributed by atoms with E-state index < -0.39 is 5.91 Å². The van der Waals surface area contributed by atoms with Gasteiger partial charge in [-0.2, -0.15) is 0 Å². The summed E-state index contributed by atoms with van der Waals surface area (Å²) < 4.78 is 6.53. The molecule has 0 bridgehead atoms. The first-order valence-electron chi connectivity index (χ1n) is 8.67. The van der Waals surface area contributed by atoms with Gasteiger partial charge in [-0.05, 0) is 24.6 Å². The van der Waals surface area contributed by atoms with Gasteiger partial charge in [-0.25, -0.2) is 9.66 Å². The van der Waals surface area contributed by atoms with E-state index in [9.17, 15) is 9.59 Å². The smallest absolute Gasteiger partial charge is 0.281 e. The Labute approximate surface area is 165 Å². The van der Waals surface area contributed by atoms with Gasteiger partial charge >= 0.3 is 0 Å². The number of ether oxygens (including phenoxy) is 1. The Morgan fingerprint density at radius 3 is 2.50 bits per heavy atom. The fraction of sp³-hybridized carbons (Fsp3) is 0.0952. The van der Waals surface area contributed by atoms with Crippen molar-refractivity contribution < 1.29 is 9.53 Å². The summed E-state index contributed by atoms with van der Waals surface area (Å²) in [4.78, 5) is 31.2. The standard InChI is InChI=1S/C21H17N3O3S/c1-14-18(15-8-4-2-5-9-15)19-20(28-14)22-13-24(21(19)26)23-17(25)12-27-16-10-6-3-7-11-16/h2-11,13H,12H2,1H3,(H,23,25). The van der Waals surface area contributed by atoms with Crippen molar-refractivity contribution in [2.24, 2.45) is 0 Å². The highest BCUT2D eigenvalue weighted by molar-refractivity contribution is 7.19. The van der Waals surface area contributed by atoms with E-state index in [4.69, 9.17) is 4.74 Å². The molecule has 0 unspecified atom stereocenters. The lowest BCUT2D eigenvalue weighted by molar-refractivity contribution is -0.119. The van der Waals surface area contributed by atoms with Crippen LogP contribution in [0.1, 0.15) is 4.88 Å². The summed E-state index contributed by atoms with van der Waals surface area (Å²) in [6.45, 7) is 1.76. The highest BCUT2D eigenvalue weighted by Gasteiger charge is 2.17. The van der Waals surface area contributed by atoms with Crippen LogP contribution in [0.15, 0.2) is 71.8 Å². The monoisotopic (exact) mass is 391 g/mol. The molecule has 0 atom stereocenters. The Balaban J connectivity index is 1.63. The van der Waals surface area contributed by atoms with Crippen molar-refractivity contribution in [2.75, 3.05) is 12.0 Å². The predicted octanol–water partition coefficient (Wildman–Crippen LogP) is 3.58. The van der Waals surface area contributed by atoms with Crippen LogP contribution in [0.5, 0.6) is 5.75 Å². The van der Waals surface area contributed by atoms with Crippen LogP contribution in [0.25, 0.3) is 21.3 Å². The van der Waals surface area contributed by atoms with Gasteiger partial charge in [0.25, 0.3) is 11.5 Å². The van der Waals surface area contributed by atoms with Crippen molar-refractivity contribution in [2.45, 2.75) is 6.92 Å². The molecule has 7 heteroatoms. The molecule has 6 nitrogen and oxygen atoms in total. The molecule has 2 aromatic heterocycles. The molecular weight excluding hydrogens is 374 g/mol. The van der Waals surface area contributed by atoms with Crippen LogP contribution in [-0.4, -0.2) is 22.2 Å². The maximum Gasteiger partial charge on any atom is 0.281 e. The molecule has 1 N–H and O–H groups in total. The number of amides is 1. The summed E-state index contributed by atoms with van der Waals surface area (Å²) in [5.74, 6) is 0.138. The number of aromatic nitrogens is 2. The predicted molar refractivity (Wildman–Crippen MR) is 110 cm³/mol. The molecule has 4 aromatic rings. The van der Waals surface area contributed by atoms with Crippen LogP contribution in [0, 0.1) is 6.92 Å². The quantitative estimate of drug-likeness (QED) is 0.564. The Hall–Kier alpha value is -3.45. The number of para-hydroxylation sites is 1. The van der Waals surface area contributed by atoms with Gasteiger partial charge in [-0.3, -0.25) is 15.0 Å². The van der Waals surface area contributed by atoms with Crippen molar-refractivity contribution in [3.8, 4) is 16.9 Å². The zero-order valence-corrected chi connectivity index (χ0v) is 15.9. The number of rotatable bonds is 5. The van der Waals surface area contributed by atoms with Crippen LogP contribution >= 0.6 is 11.3 Å². The zero-order chi connectivity index (χ0) is 19.5. The lowest BCUT2D eigenvalue weighted by Gasteiger charge is -2.09. The number of fused-ring (bicyclic) bond motifs is 1. The first-order valence-corrected chi connectivity index (χ1v) is 9.49. The van der Waals surface area contributed by atoms with Crippen molar-refractivity contribution in [1.82, 2.24) is 9.66 Å². The average molecular weight is 391 g/mol. The number of nitrogens with zero attached hydrogens (tertiary/aromatic N) is 2. The summed E-state index contributed by atoms with van der Waals surface area (Å²) >= 11 is 1.46. The summed E-state index contributed by atoms with van der Waals surface area (Å²) in [7, 11) is 0. The van der Waals surface area contributed by atoms with Gasteiger partial charge in [-0.1, -0.05) is 48.5 Å². The third-order valence-electron chi connectivity index (χ3n) is 4.21. The molecule has 0 spiro atoms. The minimum atomic E-state index is -0.444. The van der Waals surface area contributed by atoms with Gasteiger partial charge in [0.1, 0.15) is 16.9 Å². The molecule has 4 rings (SSSR count). The average Bonchev–Trinajstić information content (AvgIpc) is 3.07. The fourth-order valence-electron chi connectivity index (χ4n) is 2.97. The molecule has 0 aliphatic carbocycles. The molecule has 2 heterocycles. The molecule has 0 saturated carbocycles. The van der Waals surface area contributed by atoms with Crippen LogP contribution in [-0.2, 0) is 4.79 Å². The van der Waals surface area contributed by atoms with E-state index in [0.29, 0.717) is 16.0 Å². The van der Waals surface area contributed by atoms with Crippen LogP contribution in [0.4, 0.5) is 0 Å². The maximum absolute atomic E-state index is 13.0. The van der Waals surface area contributed by atoms with Gasteiger partial charge < -0.3 is 4.74 Å². The van der Waals surface area contributed by atoms with Gasteiger partial charge in [-0.15, -0.1) is 11.3 Å². The van der Waals surface area contributed by atoms with E-state index >= 15 is 0 Å². The van der Waals surface area contributed by atoms with E-state index in [0.717, 1.165) is 20.7 Å². The van der Waals surface area contributed by atoms with Crippen molar-refractivity contribution in [3.63, 3.8) is 0 Å². The van der Waals surface area contributed by atoms with Crippen molar-refractivity contribution >= 4 is 27.5 Å². The van der Waals surface area contributed by atoms with E-state index in [2.05, 4.69) is 10.4 Å². The Bertz CT molecular complexity index is 1180. The van der Waals surface area contributed by atoms with Gasteiger partial charge in [0.05, 0.1) is 5.39 Å². The van der Waals surface area contributed by atoms with Crippen LogP contribution in [0.3, 0.4) is 0 Å². The molecule has 0 radical (unpaired) electrons. The zero-order valence-electron chi connectivity index (χ0n) is 15.1.